The first-order valence-electron chi connectivity index (χ1n) is 5.97. The quantitative estimate of drug-likeness (QED) is 0.458. The predicted molar refractivity (Wildman–Crippen MR) is 72.3 cm³/mol. The average molecular weight is 240 g/mol. The second-order valence-electron chi connectivity index (χ2n) is 4.40. The fourth-order valence-corrected chi connectivity index (χ4v) is 1.71. The van der Waals surface area contributed by atoms with Crippen molar-refractivity contribution in [3.05, 3.63) is 65.8 Å². The smallest absolute Gasteiger partial charge is 0.338 e. The molecule has 2 rings (SSSR count). The Hall–Kier alpha value is -2.09. The van der Waals surface area contributed by atoms with Gasteiger partial charge in [-0.25, -0.2) is 4.79 Å². The summed E-state index contributed by atoms with van der Waals surface area (Å²) in [6.07, 6.45) is 9.90. The minimum absolute atomic E-state index is 0.204. The first-order chi connectivity index (χ1) is 8.65. The minimum atomic E-state index is -0.299. The number of hydrogen-bond donors (Lipinski definition) is 0. The van der Waals surface area contributed by atoms with Crippen LogP contribution in [0.25, 0.3) is 0 Å². The van der Waals surface area contributed by atoms with Crippen molar-refractivity contribution in [1.82, 2.24) is 0 Å². The highest BCUT2D eigenvalue weighted by Gasteiger charge is 2.09. The van der Waals surface area contributed by atoms with Crippen molar-refractivity contribution >= 4 is 5.97 Å². The molecule has 0 heterocycles. The van der Waals surface area contributed by atoms with E-state index in [-0.39, 0.29) is 11.9 Å². The van der Waals surface area contributed by atoms with Crippen LogP contribution in [-0.2, 0) is 4.79 Å². The second-order valence-corrected chi connectivity index (χ2v) is 4.40. The van der Waals surface area contributed by atoms with E-state index < -0.39 is 0 Å². The number of ether oxygens (including phenoxy) is 1. The van der Waals surface area contributed by atoms with Gasteiger partial charge in [0.15, 0.2) is 0 Å². The van der Waals surface area contributed by atoms with E-state index in [1.807, 2.05) is 49.4 Å². The van der Waals surface area contributed by atoms with Gasteiger partial charge in [0.1, 0.15) is 5.75 Å². The first kappa shape index (κ1) is 12.4. The van der Waals surface area contributed by atoms with Gasteiger partial charge in [-0.2, -0.15) is 0 Å². The molecule has 0 fully saturated rings. The molecule has 1 aliphatic rings. The predicted octanol–water partition coefficient (Wildman–Crippen LogP) is 3.59. The molecule has 1 aliphatic carbocycles. The summed E-state index contributed by atoms with van der Waals surface area (Å²) in [6, 6.07) is 7.44. The van der Waals surface area contributed by atoms with Gasteiger partial charge in [0.05, 0.1) is 0 Å². The molecule has 18 heavy (non-hydrogen) atoms. The maximum atomic E-state index is 11.8. The van der Waals surface area contributed by atoms with Crippen LogP contribution in [-0.4, -0.2) is 5.97 Å². The summed E-state index contributed by atoms with van der Waals surface area (Å²) in [5, 5.41) is 0. The van der Waals surface area contributed by atoms with Crippen LogP contribution >= 0.6 is 0 Å². The van der Waals surface area contributed by atoms with Crippen molar-refractivity contribution in [2.24, 2.45) is 5.92 Å². The normalized spacial score (nSPS) is 15.1. The zero-order valence-corrected chi connectivity index (χ0v) is 10.6. The first-order valence-corrected chi connectivity index (χ1v) is 5.97. The molecule has 0 radical (unpaired) electrons. The largest absolute Gasteiger partial charge is 0.423 e. The van der Waals surface area contributed by atoms with Crippen LogP contribution in [0.15, 0.2) is 60.2 Å². The molecule has 0 aromatic heterocycles. The molecule has 0 bridgehead atoms. The van der Waals surface area contributed by atoms with Crippen LogP contribution in [0, 0.1) is 12.8 Å². The van der Waals surface area contributed by atoms with E-state index in [4.69, 9.17) is 4.74 Å². The highest BCUT2D eigenvalue weighted by molar-refractivity contribution is 5.89. The van der Waals surface area contributed by atoms with Crippen molar-refractivity contribution in [2.75, 3.05) is 0 Å². The van der Waals surface area contributed by atoms with Gasteiger partial charge in [-0.3, -0.25) is 0 Å². The summed E-state index contributed by atoms with van der Waals surface area (Å²) in [4.78, 5) is 11.8. The van der Waals surface area contributed by atoms with E-state index in [1.165, 1.54) is 0 Å². The van der Waals surface area contributed by atoms with E-state index in [9.17, 15) is 4.79 Å². The highest BCUT2D eigenvalue weighted by Crippen LogP contribution is 2.16. The lowest BCUT2D eigenvalue weighted by molar-refractivity contribution is -0.130. The molecule has 0 unspecified atom stereocenters. The molecule has 0 atom stereocenters. The Balaban J connectivity index is 2.01. The molecule has 2 heteroatoms. The molecule has 92 valence electrons. The summed E-state index contributed by atoms with van der Waals surface area (Å²) in [7, 11) is 0. The molecule has 1 aromatic rings. The van der Waals surface area contributed by atoms with Crippen LogP contribution in [0.3, 0.4) is 0 Å². The lowest BCUT2D eigenvalue weighted by Crippen LogP contribution is -2.10. The zero-order chi connectivity index (χ0) is 13.0. The van der Waals surface area contributed by atoms with Crippen molar-refractivity contribution in [1.29, 1.82) is 0 Å². The van der Waals surface area contributed by atoms with E-state index in [0.717, 1.165) is 5.56 Å². The summed E-state index contributed by atoms with van der Waals surface area (Å²) < 4.78 is 5.29. The number of benzene rings is 1. The summed E-state index contributed by atoms with van der Waals surface area (Å²) in [5.41, 5.74) is 1.76. The van der Waals surface area contributed by atoms with Crippen LogP contribution < -0.4 is 4.74 Å². The Kier molecular flexibility index (Phi) is 3.78. The monoisotopic (exact) mass is 240 g/mol. The van der Waals surface area contributed by atoms with Gasteiger partial charge in [-0.15, -0.1) is 0 Å². The molecular weight excluding hydrogens is 224 g/mol. The molecule has 0 spiro atoms. The molecule has 2 nitrogen and oxygen atoms in total. The third-order valence-electron chi connectivity index (χ3n) is 2.77. The maximum Gasteiger partial charge on any atom is 0.338 e. The van der Waals surface area contributed by atoms with E-state index in [2.05, 4.69) is 0 Å². The van der Waals surface area contributed by atoms with Crippen molar-refractivity contribution < 1.29 is 9.53 Å². The lowest BCUT2D eigenvalue weighted by atomic mass is 10.1. The van der Waals surface area contributed by atoms with Gasteiger partial charge in [-0.05, 0) is 26.0 Å². The van der Waals surface area contributed by atoms with Crippen LogP contribution in [0.4, 0.5) is 0 Å². The van der Waals surface area contributed by atoms with Crippen LogP contribution in [0.1, 0.15) is 12.5 Å². The number of aryl methyl sites for hydroxylation is 1. The molecule has 0 saturated carbocycles. The van der Waals surface area contributed by atoms with Crippen molar-refractivity contribution in [3.8, 4) is 5.75 Å². The Morgan fingerprint density at radius 1 is 1.17 bits per heavy atom. The fraction of sp³-hybridized carbons (Fsp3) is 0.188. The summed E-state index contributed by atoms with van der Waals surface area (Å²) >= 11 is 0. The maximum absolute atomic E-state index is 11.8. The van der Waals surface area contributed by atoms with Gasteiger partial charge >= 0.3 is 5.97 Å². The van der Waals surface area contributed by atoms with Gasteiger partial charge in [0.25, 0.3) is 0 Å². The molecular formula is C16H16O2. The standard InChI is InChI=1S/C16H16O2/c1-12-7-9-15(10-8-12)18-16(17)13(2)11-14-5-3-4-6-14/h3-11,14H,1-2H3. The average Bonchev–Trinajstić information content (AvgIpc) is 2.85. The number of carbonyl (C=O) groups excluding carboxylic acids is 1. The Labute approximate surface area is 107 Å². The summed E-state index contributed by atoms with van der Waals surface area (Å²) in [6.45, 7) is 3.77. The SMILES string of the molecule is CC(=CC1C=CC=C1)C(=O)Oc1ccc(C)cc1. The minimum Gasteiger partial charge on any atom is -0.423 e. The number of allylic oxidation sites excluding steroid dienone is 5. The van der Waals surface area contributed by atoms with Crippen molar-refractivity contribution in [2.45, 2.75) is 13.8 Å². The molecule has 0 aliphatic heterocycles. The van der Waals surface area contributed by atoms with Gasteiger partial charge in [0, 0.05) is 11.5 Å². The highest BCUT2D eigenvalue weighted by atomic mass is 16.5. The molecule has 0 saturated heterocycles. The fourth-order valence-electron chi connectivity index (χ4n) is 1.71. The van der Waals surface area contributed by atoms with Crippen LogP contribution in [0.2, 0.25) is 0 Å². The second kappa shape index (κ2) is 5.50. The third kappa shape index (κ3) is 3.20. The Morgan fingerprint density at radius 2 is 1.78 bits per heavy atom. The Morgan fingerprint density at radius 3 is 2.39 bits per heavy atom. The molecule has 0 amide bonds. The van der Waals surface area contributed by atoms with Gasteiger partial charge in [-0.1, -0.05) is 48.1 Å². The number of carbonyl (C=O) groups is 1. The third-order valence-corrected chi connectivity index (χ3v) is 2.77. The number of hydrogen-bond acceptors (Lipinski definition) is 2. The van der Waals surface area contributed by atoms with E-state index in [0.29, 0.717) is 11.3 Å². The Bertz CT molecular complexity index is 507. The van der Waals surface area contributed by atoms with Gasteiger partial charge < -0.3 is 4.74 Å². The molecule has 1 aromatic carbocycles. The number of esters is 1. The van der Waals surface area contributed by atoms with E-state index in [1.54, 1.807) is 19.1 Å². The lowest BCUT2D eigenvalue weighted by Gasteiger charge is -2.06. The number of rotatable bonds is 3. The van der Waals surface area contributed by atoms with Gasteiger partial charge in [0.2, 0.25) is 0 Å². The zero-order valence-electron chi connectivity index (χ0n) is 10.6. The molecule has 0 N–H and O–H groups in total. The van der Waals surface area contributed by atoms with E-state index >= 15 is 0 Å². The topological polar surface area (TPSA) is 26.3 Å². The van der Waals surface area contributed by atoms with Crippen LogP contribution in [0.5, 0.6) is 5.75 Å². The van der Waals surface area contributed by atoms with Crippen molar-refractivity contribution in [3.63, 3.8) is 0 Å². The summed E-state index contributed by atoms with van der Waals surface area (Å²) in [5.74, 6) is 0.485.